The van der Waals surface area contributed by atoms with Crippen molar-refractivity contribution in [1.29, 1.82) is 0 Å². The molecule has 1 aromatic carbocycles. The van der Waals surface area contributed by atoms with E-state index in [1.165, 1.54) is 17.1 Å². The lowest BCUT2D eigenvalue weighted by Crippen LogP contribution is -2.10. The second-order valence-corrected chi connectivity index (χ2v) is 4.21. The molecule has 0 aliphatic heterocycles. The zero-order valence-corrected chi connectivity index (χ0v) is 9.37. The second-order valence-electron chi connectivity index (χ2n) is 3.39. The van der Waals surface area contributed by atoms with Crippen LogP contribution < -0.4 is 5.73 Å². The SMILES string of the molecule is CCc1ccc(C(N)c2cnns2)cc1. The van der Waals surface area contributed by atoms with Gasteiger partial charge in [0.2, 0.25) is 0 Å². The Kier molecular flexibility index (Phi) is 3.08. The molecule has 0 aliphatic rings. The maximum atomic E-state index is 6.08. The molecule has 4 heteroatoms. The van der Waals surface area contributed by atoms with Gasteiger partial charge in [-0.05, 0) is 29.1 Å². The summed E-state index contributed by atoms with van der Waals surface area (Å²) in [6.45, 7) is 2.14. The fourth-order valence-corrected chi connectivity index (χ4v) is 1.97. The van der Waals surface area contributed by atoms with E-state index in [1.54, 1.807) is 6.20 Å². The van der Waals surface area contributed by atoms with Gasteiger partial charge in [0.1, 0.15) is 0 Å². The van der Waals surface area contributed by atoms with Crippen LogP contribution in [0.2, 0.25) is 0 Å². The first-order valence-electron chi connectivity index (χ1n) is 4.93. The highest BCUT2D eigenvalue weighted by molar-refractivity contribution is 7.05. The van der Waals surface area contributed by atoms with Crippen molar-refractivity contribution in [2.45, 2.75) is 19.4 Å². The summed E-state index contributed by atoms with van der Waals surface area (Å²) in [6.07, 6.45) is 2.78. The van der Waals surface area contributed by atoms with Gasteiger partial charge in [-0.15, -0.1) is 5.10 Å². The molecule has 15 heavy (non-hydrogen) atoms. The predicted octanol–water partition coefficient (Wildman–Crippen LogP) is 2.15. The van der Waals surface area contributed by atoms with Gasteiger partial charge in [-0.25, -0.2) is 0 Å². The smallest absolute Gasteiger partial charge is 0.0678 e. The van der Waals surface area contributed by atoms with Crippen LogP contribution in [-0.4, -0.2) is 9.59 Å². The number of hydrogen-bond donors (Lipinski definition) is 1. The Bertz CT molecular complexity index is 408. The third-order valence-corrected chi connectivity index (χ3v) is 3.18. The molecule has 2 N–H and O–H groups in total. The Labute approximate surface area is 93.1 Å². The van der Waals surface area contributed by atoms with Gasteiger partial charge in [-0.1, -0.05) is 35.7 Å². The molecule has 3 nitrogen and oxygen atoms in total. The minimum Gasteiger partial charge on any atom is -0.320 e. The van der Waals surface area contributed by atoms with Crippen molar-refractivity contribution >= 4 is 11.5 Å². The molecule has 1 atom stereocenters. The largest absolute Gasteiger partial charge is 0.320 e. The molecule has 0 bridgehead atoms. The van der Waals surface area contributed by atoms with Crippen molar-refractivity contribution in [3.05, 3.63) is 46.5 Å². The van der Waals surface area contributed by atoms with E-state index in [0.29, 0.717) is 0 Å². The van der Waals surface area contributed by atoms with Gasteiger partial charge in [-0.2, -0.15) is 0 Å². The van der Waals surface area contributed by atoms with E-state index in [1.807, 2.05) is 0 Å². The average Bonchev–Trinajstić information content (AvgIpc) is 2.82. The van der Waals surface area contributed by atoms with Crippen LogP contribution in [0.4, 0.5) is 0 Å². The maximum Gasteiger partial charge on any atom is 0.0678 e. The normalized spacial score (nSPS) is 12.7. The Hall–Kier alpha value is -1.26. The highest BCUT2D eigenvalue weighted by Gasteiger charge is 2.10. The van der Waals surface area contributed by atoms with Crippen LogP contribution in [0.5, 0.6) is 0 Å². The average molecular weight is 219 g/mol. The summed E-state index contributed by atoms with van der Waals surface area (Å²) in [5.74, 6) is 0. The van der Waals surface area contributed by atoms with E-state index in [4.69, 9.17) is 5.73 Å². The van der Waals surface area contributed by atoms with Gasteiger partial charge < -0.3 is 5.73 Å². The van der Waals surface area contributed by atoms with Crippen LogP contribution in [-0.2, 0) is 6.42 Å². The molecular formula is C11H13N3S. The fraction of sp³-hybridized carbons (Fsp3) is 0.273. The molecule has 1 aromatic heterocycles. The van der Waals surface area contributed by atoms with Crippen LogP contribution in [0.1, 0.15) is 29.0 Å². The highest BCUT2D eigenvalue weighted by atomic mass is 32.1. The first kappa shape index (κ1) is 10.3. The summed E-state index contributed by atoms with van der Waals surface area (Å²) < 4.78 is 3.81. The van der Waals surface area contributed by atoms with Crippen LogP contribution in [0.15, 0.2) is 30.5 Å². The van der Waals surface area contributed by atoms with Crippen LogP contribution >= 0.6 is 11.5 Å². The molecular weight excluding hydrogens is 206 g/mol. The maximum absolute atomic E-state index is 6.08. The first-order valence-corrected chi connectivity index (χ1v) is 5.70. The molecule has 1 unspecified atom stereocenters. The molecule has 1 heterocycles. The second kappa shape index (κ2) is 4.51. The summed E-state index contributed by atoms with van der Waals surface area (Å²) in [7, 11) is 0. The van der Waals surface area contributed by atoms with Crippen molar-refractivity contribution in [2.75, 3.05) is 0 Å². The molecule has 0 fully saturated rings. The summed E-state index contributed by atoms with van der Waals surface area (Å²) >= 11 is 1.35. The summed E-state index contributed by atoms with van der Waals surface area (Å²) in [6, 6.07) is 8.27. The van der Waals surface area contributed by atoms with Crippen molar-refractivity contribution in [2.24, 2.45) is 5.73 Å². The lowest BCUT2D eigenvalue weighted by molar-refractivity contribution is 0.886. The van der Waals surface area contributed by atoms with Crippen molar-refractivity contribution in [3.63, 3.8) is 0 Å². The number of aromatic nitrogens is 2. The Morgan fingerprint density at radius 2 is 2.07 bits per heavy atom. The van der Waals surface area contributed by atoms with E-state index in [2.05, 4.69) is 40.8 Å². The van der Waals surface area contributed by atoms with Gasteiger partial charge >= 0.3 is 0 Å². The Morgan fingerprint density at radius 3 is 2.60 bits per heavy atom. The topological polar surface area (TPSA) is 51.8 Å². The van der Waals surface area contributed by atoms with E-state index >= 15 is 0 Å². The highest BCUT2D eigenvalue weighted by Crippen LogP contribution is 2.21. The lowest BCUT2D eigenvalue weighted by atomic mass is 10.0. The Morgan fingerprint density at radius 1 is 1.33 bits per heavy atom. The predicted molar refractivity (Wildman–Crippen MR) is 61.8 cm³/mol. The summed E-state index contributed by atoms with van der Waals surface area (Å²) in [5, 5.41) is 3.79. The molecule has 0 aliphatic carbocycles. The monoisotopic (exact) mass is 219 g/mol. The number of nitrogens with zero attached hydrogens (tertiary/aromatic N) is 2. The van der Waals surface area contributed by atoms with Gasteiger partial charge in [0, 0.05) is 0 Å². The molecule has 78 valence electrons. The minimum atomic E-state index is -0.101. The van der Waals surface area contributed by atoms with Gasteiger partial charge in [-0.3, -0.25) is 0 Å². The van der Waals surface area contributed by atoms with E-state index < -0.39 is 0 Å². The molecule has 2 rings (SSSR count). The van der Waals surface area contributed by atoms with E-state index in [9.17, 15) is 0 Å². The molecule has 0 spiro atoms. The minimum absolute atomic E-state index is 0.101. The zero-order chi connectivity index (χ0) is 10.7. The number of benzene rings is 1. The van der Waals surface area contributed by atoms with Gasteiger partial charge in [0.05, 0.1) is 17.1 Å². The first-order chi connectivity index (χ1) is 7.31. The van der Waals surface area contributed by atoms with Gasteiger partial charge in [0.15, 0.2) is 0 Å². The fourth-order valence-electron chi connectivity index (χ4n) is 1.44. The molecule has 0 saturated carbocycles. The number of aryl methyl sites for hydroxylation is 1. The lowest BCUT2D eigenvalue weighted by Gasteiger charge is -2.09. The zero-order valence-electron chi connectivity index (χ0n) is 8.55. The quantitative estimate of drug-likeness (QED) is 0.860. The molecule has 0 radical (unpaired) electrons. The van der Waals surface area contributed by atoms with Crippen molar-refractivity contribution in [1.82, 2.24) is 9.59 Å². The Balaban J connectivity index is 2.22. The number of hydrogen-bond acceptors (Lipinski definition) is 4. The molecule has 2 aromatic rings. The van der Waals surface area contributed by atoms with E-state index in [-0.39, 0.29) is 6.04 Å². The molecule has 0 saturated heterocycles. The van der Waals surface area contributed by atoms with Crippen molar-refractivity contribution in [3.8, 4) is 0 Å². The number of rotatable bonds is 3. The summed E-state index contributed by atoms with van der Waals surface area (Å²) in [5.41, 5.74) is 8.52. The van der Waals surface area contributed by atoms with Gasteiger partial charge in [0.25, 0.3) is 0 Å². The standard InChI is InChI=1S/C11H13N3S/c1-2-8-3-5-9(6-4-8)11(12)10-7-13-14-15-10/h3-7,11H,2,12H2,1H3. The molecule has 0 amide bonds. The van der Waals surface area contributed by atoms with Crippen molar-refractivity contribution < 1.29 is 0 Å². The van der Waals surface area contributed by atoms with Crippen LogP contribution in [0, 0.1) is 0 Å². The third kappa shape index (κ3) is 2.22. The number of nitrogens with two attached hydrogens (primary N) is 1. The third-order valence-electron chi connectivity index (χ3n) is 2.43. The van der Waals surface area contributed by atoms with E-state index in [0.717, 1.165) is 16.9 Å². The van der Waals surface area contributed by atoms with Crippen LogP contribution in [0.25, 0.3) is 0 Å². The van der Waals surface area contributed by atoms with Crippen LogP contribution in [0.3, 0.4) is 0 Å². The summed E-state index contributed by atoms with van der Waals surface area (Å²) in [4.78, 5) is 0.999.